The molecule has 1 atom stereocenters. The van der Waals surface area contributed by atoms with Crippen molar-refractivity contribution >= 4 is 5.91 Å². The third kappa shape index (κ3) is 1.17. The molecule has 1 heterocycles. The van der Waals surface area contributed by atoms with Crippen LogP contribution in [0.15, 0.2) is 0 Å². The summed E-state index contributed by atoms with van der Waals surface area (Å²) in [5.74, 6) is 0.810. The first-order valence-electron chi connectivity index (χ1n) is 5.27. The van der Waals surface area contributed by atoms with Gasteiger partial charge in [-0.15, -0.1) is 0 Å². The number of carbonyl (C=O) groups excluding carboxylic acids is 1. The van der Waals surface area contributed by atoms with Gasteiger partial charge in [-0.25, -0.2) is 0 Å². The topological polar surface area (TPSA) is 46.3 Å². The van der Waals surface area contributed by atoms with E-state index in [-0.39, 0.29) is 5.54 Å². The van der Waals surface area contributed by atoms with Gasteiger partial charge in [0.1, 0.15) is 0 Å². The first-order chi connectivity index (χ1) is 6.19. The van der Waals surface area contributed by atoms with Gasteiger partial charge in [0.05, 0.1) is 0 Å². The predicted octanol–water partition coefficient (Wildman–Crippen LogP) is 0.489. The maximum absolute atomic E-state index is 11.6. The highest BCUT2D eigenvalue weighted by atomic mass is 16.2. The maximum atomic E-state index is 11.6. The third-order valence-corrected chi connectivity index (χ3v) is 3.79. The van der Waals surface area contributed by atoms with Crippen molar-refractivity contribution in [3.63, 3.8) is 0 Å². The lowest BCUT2D eigenvalue weighted by Gasteiger charge is -2.18. The average molecular weight is 180 g/mol. The van der Waals surface area contributed by atoms with Crippen molar-refractivity contribution in [1.82, 2.24) is 4.90 Å². The van der Waals surface area contributed by atoms with Gasteiger partial charge in [0.2, 0.25) is 5.91 Å². The molecule has 2 N–H and O–H groups in total. The Kier molecular flexibility index (Phi) is 1.36. The molecule has 13 heavy (non-hydrogen) atoms. The number of likely N-dealkylation sites (tertiary alicyclic amines) is 1. The zero-order valence-electron chi connectivity index (χ0n) is 7.83. The zero-order valence-corrected chi connectivity index (χ0v) is 7.83. The van der Waals surface area contributed by atoms with Crippen LogP contribution >= 0.6 is 0 Å². The Morgan fingerprint density at radius 2 is 2.08 bits per heavy atom. The minimum absolute atomic E-state index is 0.0410. The van der Waals surface area contributed by atoms with E-state index in [0.29, 0.717) is 24.3 Å². The van der Waals surface area contributed by atoms with Crippen molar-refractivity contribution in [3.05, 3.63) is 0 Å². The fourth-order valence-corrected chi connectivity index (χ4v) is 2.41. The molecule has 0 radical (unpaired) electrons. The van der Waals surface area contributed by atoms with Gasteiger partial charge in [-0.3, -0.25) is 4.79 Å². The summed E-state index contributed by atoms with van der Waals surface area (Å²) < 4.78 is 0. The van der Waals surface area contributed by atoms with E-state index in [1.54, 1.807) is 0 Å². The lowest BCUT2D eigenvalue weighted by Crippen LogP contribution is -2.35. The molecular formula is C10H16N2O. The highest BCUT2D eigenvalue weighted by Gasteiger charge is 2.52. The Morgan fingerprint density at radius 3 is 2.62 bits per heavy atom. The van der Waals surface area contributed by atoms with Crippen LogP contribution in [-0.4, -0.2) is 28.9 Å². The first-order valence-corrected chi connectivity index (χ1v) is 5.27. The van der Waals surface area contributed by atoms with Crippen LogP contribution in [0.25, 0.3) is 0 Å². The molecule has 72 valence electrons. The lowest BCUT2D eigenvalue weighted by atomic mass is 9.97. The zero-order chi connectivity index (χ0) is 9.05. The largest absolute Gasteiger partial charge is 0.339 e. The number of hydrogen-bond acceptors (Lipinski definition) is 2. The highest BCUT2D eigenvalue weighted by Crippen LogP contribution is 2.45. The van der Waals surface area contributed by atoms with E-state index in [2.05, 4.69) is 4.90 Å². The van der Waals surface area contributed by atoms with Crippen LogP contribution in [0.2, 0.25) is 0 Å². The van der Waals surface area contributed by atoms with Crippen LogP contribution in [0.5, 0.6) is 0 Å². The standard InChI is InChI=1S/C10H16N2O/c11-10(3-4-10)7-5-9(13)12(6-7)8-1-2-8/h7-8H,1-6,11H2. The summed E-state index contributed by atoms with van der Waals surface area (Å²) in [7, 11) is 0. The molecule has 3 aliphatic rings. The summed E-state index contributed by atoms with van der Waals surface area (Å²) in [5, 5.41) is 0. The van der Waals surface area contributed by atoms with E-state index in [9.17, 15) is 4.79 Å². The normalized spacial score (nSPS) is 36.8. The third-order valence-electron chi connectivity index (χ3n) is 3.79. The minimum Gasteiger partial charge on any atom is -0.339 e. The van der Waals surface area contributed by atoms with Gasteiger partial charge in [0.25, 0.3) is 0 Å². The fourth-order valence-electron chi connectivity index (χ4n) is 2.41. The molecule has 0 bridgehead atoms. The molecule has 3 heteroatoms. The van der Waals surface area contributed by atoms with Gasteiger partial charge in [0.15, 0.2) is 0 Å². The summed E-state index contributed by atoms with van der Waals surface area (Å²) in [5.41, 5.74) is 6.16. The number of amides is 1. The van der Waals surface area contributed by atoms with Crippen molar-refractivity contribution < 1.29 is 4.79 Å². The Bertz CT molecular complexity index is 256. The van der Waals surface area contributed by atoms with Crippen LogP contribution in [0.4, 0.5) is 0 Å². The summed E-state index contributed by atoms with van der Waals surface area (Å²) in [4.78, 5) is 13.7. The van der Waals surface area contributed by atoms with Crippen LogP contribution in [0.1, 0.15) is 32.1 Å². The summed E-state index contributed by atoms with van der Waals surface area (Å²) in [6, 6.07) is 0.583. The van der Waals surface area contributed by atoms with E-state index >= 15 is 0 Å². The summed E-state index contributed by atoms with van der Waals surface area (Å²) in [6.07, 6.45) is 5.41. The quantitative estimate of drug-likeness (QED) is 0.672. The number of hydrogen-bond donors (Lipinski definition) is 1. The molecule has 0 spiro atoms. The number of carbonyl (C=O) groups is 1. The van der Waals surface area contributed by atoms with Gasteiger partial charge < -0.3 is 10.6 Å². The predicted molar refractivity (Wildman–Crippen MR) is 49.0 cm³/mol. The Balaban J connectivity index is 1.71. The molecule has 1 amide bonds. The fraction of sp³-hybridized carbons (Fsp3) is 0.900. The van der Waals surface area contributed by atoms with Crippen molar-refractivity contribution in [2.75, 3.05) is 6.54 Å². The number of rotatable bonds is 2. The van der Waals surface area contributed by atoms with Crippen LogP contribution in [-0.2, 0) is 4.79 Å². The SMILES string of the molecule is NC1(C2CC(=O)N(C3CC3)C2)CC1. The van der Waals surface area contributed by atoms with E-state index in [1.807, 2.05) is 0 Å². The number of nitrogens with two attached hydrogens (primary N) is 1. The molecule has 0 aromatic heterocycles. The monoisotopic (exact) mass is 180 g/mol. The van der Waals surface area contributed by atoms with Crippen molar-refractivity contribution in [2.45, 2.75) is 43.7 Å². The lowest BCUT2D eigenvalue weighted by molar-refractivity contribution is -0.128. The smallest absolute Gasteiger partial charge is 0.223 e. The second-order valence-corrected chi connectivity index (χ2v) is 4.91. The van der Waals surface area contributed by atoms with Gasteiger partial charge >= 0.3 is 0 Å². The van der Waals surface area contributed by atoms with Gasteiger partial charge in [-0.1, -0.05) is 0 Å². The maximum Gasteiger partial charge on any atom is 0.223 e. The Morgan fingerprint density at radius 1 is 1.38 bits per heavy atom. The molecule has 2 aliphatic carbocycles. The van der Waals surface area contributed by atoms with E-state index in [1.165, 1.54) is 12.8 Å². The highest BCUT2D eigenvalue weighted by molar-refractivity contribution is 5.79. The van der Waals surface area contributed by atoms with E-state index in [0.717, 1.165) is 19.4 Å². The van der Waals surface area contributed by atoms with Gasteiger partial charge in [0, 0.05) is 30.5 Å². The molecule has 1 aliphatic heterocycles. The van der Waals surface area contributed by atoms with Crippen molar-refractivity contribution in [1.29, 1.82) is 0 Å². The molecule has 0 aromatic rings. The van der Waals surface area contributed by atoms with E-state index < -0.39 is 0 Å². The molecule has 1 unspecified atom stereocenters. The molecular weight excluding hydrogens is 164 g/mol. The molecule has 0 aromatic carbocycles. The van der Waals surface area contributed by atoms with Crippen LogP contribution in [0.3, 0.4) is 0 Å². The van der Waals surface area contributed by atoms with Crippen molar-refractivity contribution in [2.24, 2.45) is 11.7 Å². The summed E-state index contributed by atoms with van der Waals surface area (Å²) in [6.45, 7) is 0.944. The van der Waals surface area contributed by atoms with Gasteiger partial charge in [-0.05, 0) is 25.7 Å². The second-order valence-electron chi connectivity index (χ2n) is 4.91. The molecule has 3 fully saturated rings. The van der Waals surface area contributed by atoms with E-state index in [4.69, 9.17) is 5.73 Å². The molecule has 2 saturated carbocycles. The molecule has 3 rings (SSSR count). The average Bonchev–Trinajstić information content (AvgIpc) is 2.98. The van der Waals surface area contributed by atoms with Gasteiger partial charge in [-0.2, -0.15) is 0 Å². The van der Waals surface area contributed by atoms with Crippen molar-refractivity contribution in [3.8, 4) is 0 Å². The first kappa shape index (κ1) is 7.80. The van der Waals surface area contributed by atoms with Crippen LogP contribution in [0, 0.1) is 5.92 Å². The molecule has 3 nitrogen and oxygen atoms in total. The molecule has 1 saturated heterocycles. The second kappa shape index (κ2) is 2.27. The summed E-state index contributed by atoms with van der Waals surface area (Å²) >= 11 is 0. The minimum atomic E-state index is 0.0410. The Labute approximate surface area is 78.3 Å². The number of nitrogens with zero attached hydrogens (tertiary/aromatic N) is 1. The van der Waals surface area contributed by atoms with Crippen LogP contribution < -0.4 is 5.73 Å². The Hall–Kier alpha value is -0.570.